The molecule has 20 aromatic carbocycles. The first kappa shape index (κ1) is 63.2. The predicted molar refractivity (Wildman–Crippen MR) is 458 cm³/mol. The van der Waals surface area contributed by atoms with Crippen molar-refractivity contribution in [2.75, 3.05) is 0 Å². The second kappa shape index (κ2) is 26.0. The van der Waals surface area contributed by atoms with E-state index in [9.17, 15) is 0 Å². The summed E-state index contributed by atoms with van der Waals surface area (Å²) in [5.74, 6) is 0. The molecule has 0 aliphatic heterocycles. The van der Waals surface area contributed by atoms with Crippen molar-refractivity contribution in [2.24, 2.45) is 0 Å². The van der Waals surface area contributed by atoms with Crippen LogP contribution in [-0.2, 0) is 5.41 Å². The Morgan fingerprint density at radius 2 is 0.393 bits per heavy atom. The van der Waals surface area contributed by atoms with E-state index in [0.29, 0.717) is 0 Å². The van der Waals surface area contributed by atoms with E-state index in [2.05, 4.69) is 414 Å². The summed E-state index contributed by atoms with van der Waals surface area (Å²) in [6, 6.07) is 148. The minimum absolute atomic E-state index is 0.0878. The van der Waals surface area contributed by atoms with Gasteiger partial charge in [0.25, 0.3) is 0 Å². The van der Waals surface area contributed by atoms with E-state index in [1.807, 2.05) is 0 Å². The van der Waals surface area contributed by atoms with E-state index >= 15 is 0 Å². The normalized spacial score (nSPS) is 12.3. The largest absolute Gasteiger partial charge is 0.0622 e. The van der Waals surface area contributed by atoms with Gasteiger partial charge < -0.3 is 0 Å². The topological polar surface area (TPSA) is 0 Å². The van der Waals surface area contributed by atoms with Gasteiger partial charge in [-0.15, -0.1) is 0 Å². The molecule has 20 aromatic rings. The Morgan fingerprint density at radius 3 is 0.804 bits per heavy atom. The van der Waals surface area contributed by atoms with Gasteiger partial charge in [0.1, 0.15) is 0 Å². The Hall–Kier alpha value is -13.5. The van der Waals surface area contributed by atoms with E-state index in [4.69, 9.17) is 0 Å². The van der Waals surface area contributed by atoms with E-state index in [1.165, 1.54) is 209 Å². The van der Waals surface area contributed by atoms with Crippen LogP contribution in [0.1, 0.15) is 25.0 Å². The monoisotopic (exact) mass is 1360 g/mol. The predicted octanol–water partition coefficient (Wildman–Crippen LogP) is 29.8. The molecule has 0 aromatic heterocycles. The molecule has 0 heterocycles. The van der Waals surface area contributed by atoms with Crippen LogP contribution in [0.3, 0.4) is 0 Å². The van der Waals surface area contributed by atoms with Crippen molar-refractivity contribution in [1.82, 2.24) is 0 Å². The van der Waals surface area contributed by atoms with Crippen LogP contribution in [0.25, 0.3) is 198 Å². The Labute approximate surface area is 624 Å². The average Bonchev–Trinajstić information content (AvgIpc) is 1.64. The summed E-state index contributed by atoms with van der Waals surface area (Å²) in [6.07, 6.45) is 0. The lowest BCUT2D eigenvalue weighted by molar-refractivity contribution is 0.660. The molecule has 0 bridgehead atoms. The van der Waals surface area contributed by atoms with Crippen molar-refractivity contribution in [1.29, 1.82) is 0 Å². The van der Waals surface area contributed by atoms with Gasteiger partial charge in [-0.3, -0.25) is 0 Å². The number of hydrogen-bond acceptors (Lipinski definition) is 0. The molecule has 0 spiro atoms. The van der Waals surface area contributed by atoms with Crippen LogP contribution in [0.5, 0.6) is 0 Å². The van der Waals surface area contributed by atoms with Gasteiger partial charge in [-0.25, -0.2) is 0 Å². The van der Waals surface area contributed by atoms with E-state index in [0.717, 1.165) is 0 Å². The van der Waals surface area contributed by atoms with Crippen molar-refractivity contribution < 1.29 is 0 Å². The molecule has 0 heteroatoms. The average molecular weight is 1360 g/mol. The van der Waals surface area contributed by atoms with Crippen LogP contribution in [0, 0.1) is 0 Å². The van der Waals surface area contributed by atoms with Crippen LogP contribution in [0.2, 0.25) is 0 Å². The molecule has 0 nitrogen and oxygen atoms in total. The third-order valence-corrected chi connectivity index (χ3v) is 23.0. The lowest BCUT2D eigenvalue weighted by Crippen LogP contribution is -2.14. The third-order valence-electron chi connectivity index (χ3n) is 23.0. The van der Waals surface area contributed by atoms with Crippen LogP contribution in [-0.4, -0.2) is 0 Å². The van der Waals surface area contributed by atoms with Gasteiger partial charge in [0.15, 0.2) is 0 Å². The minimum Gasteiger partial charge on any atom is -0.0622 e. The number of benzene rings is 20. The second-order valence-corrected chi connectivity index (χ2v) is 29.2. The lowest BCUT2D eigenvalue weighted by Gasteiger charge is -2.23. The molecule has 21 rings (SSSR count). The number of rotatable bonds is 11. The van der Waals surface area contributed by atoms with E-state index in [1.54, 1.807) is 0 Å². The zero-order valence-corrected chi connectivity index (χ0v) is 59.6. The Balaban J connectivity index is 0.000000142. The highest BCUT2D eigenvalue weighted by Gasteiger charge is 2.36. The van der Waals surface area contributed by atoms with E-state index in [-0.39, 0.29) is 5.41 Å². The first-order valence-electron chi connectivity index (χ1n) is 37.4. The molecule has 0 atom stereocenters. The summed E-state index contributed by atoms with van der Waals surface area (Å²) in [5.41, 5.74) is 32.7. The van der Waals surface area contributed by atoms with Crippen LogP contribution < -0.4 is 0 Å². The van der Waals surface area contributed by atoms with Crippen molar-refractivity contribution >= 4 is 64.6 Å². The molecule has 0 radical (unpaired) electrons. The van der Waals surface area contributed by atoms with Crippen LogP contribution in [0.4, 0.5) is 0 Å². The molecule has 1 aliphatic carbocycles. The molecule has 0 fully saturated rings. The maximum absolute atomic E-state index is 2.48. The van der Waals surface area contributed by atoms with Gasteiger partial charge >= 0.3 is 0 Å². The molecule has 500 valence electrons. The third kappa shape index (κ3) is 10.7. The van der Waals surface area contributed by atoms with Crippen molar-refractivity contribution in [3.05, 3.63) is 412 Å². The van der Waals surface area contributed by atoms with Crippen molar-refractivity contribution in [3.63, 3.8) is 0 Å². The van der Waals surface area contributed by atoms with Gasteiger partial charge in [0.05, 0.1) is 0 Å². The summed E-state index contributed by atoms with van der Waals surface area (Å²) in [7, 11) is 0. The standard InChI is InChI=1S/C55H38.C52H34/c1-55(2)51-24-14-13-23-44(51)45-29-27-38(33-52(45)55)49-34-50(42-22-12-10-20-40(42)36-17-7-4-8-18-36)48-30-26-37-25-28-43(46-31-32-47(49)54(48)53(37)46)41-21-11-9-19-39(41)35-15-5-3-6-16-35;1-4-14-35(15-5-1)36-24-26-39(27-25-36)49-34-50(44-23-13-11-21-42(44)38-18-8-3-9-19-38)48-31-29-40-28-30-45(46-32-33-47(49)52(48)51(40)46)43-22-12-10-20-41(43)37-16-6-2-7-17-37/h3-34H,1-2H3;1-34H. The summed E-state index contributed by atoms with van der Waals surface area (Å²) in [4.78, 5) is 0. The number of hydrogen-bond donors (Lipinski definition) is 0. The Bertz CT molecular complexity index is 6770. The summed E-state index contributed by atoms with van der Waals surface area (Å²) in [5, 5.41) is 15.5. The van der Waals surface area contributed by atoms with Gasteiger partial charge in [-0.05, 0) is 227 Å². The zero-order valence-electron chi connectivity index (χ0n) is 59.6. The molecular formula is C107H72. The molecule has 1 aliphatic rings. The lowest BCUT2D eigenvalue weighted by atomic mass is 9.80. The Kier molecular flexibility index (Phi) is 15.4. The minimum atomic E-state index is -0.0878. The highest BCUT2D eigenvalue weighted by molar-refractivity contribution is 6.32. The van der Waals surface area contributed by atoms with Gasteiger partial charge in [-0.2, -0.15) is 0 Å². The molecule has 0 saturated carbocycles. The van der Waals surface area contributed by atoms with Crippen LogP contribution >= 0.6 is 0 Å². The van der Waals surface area contributed by atoms with Crippen molar-refractivity contribution in [2.45, 2.75) is 19.3 Å². The fraction of sp³-hybridized carbons (Fsp3) is 0.0280. The smallest absolute Gasteiger partial charge is 0.0159 e. The Morgan fingerprint density at radius 1 is 0.140 bits per heavy atom. The molecule has 0 N–H and O–H groups in total. The van der Waals surface area contributed by atoms with Crippen molar-refractivity contribution in [3.8, 4) is 134 Å². The summed E-state index contributed by atoms with van der Waals surface area (Å²) < 4.78 is 0. The quantitative estimate of drug-likeness (QED) is 0.113. The van der Waals surface area contributed by atoms with Gasteiger partial charge in [0, 0.05) is 5.41 Å². The molecule has 0 saturated heterocycles. The highest BCUT2D eigenvalue weighted by atomic mass is 14.4. The maximum atomic E-state index is 2.48. The van der Waals surface area contributed by atoms with Crippen LogP contribution in [0.15, 0.2) is 400 Å². The van der Waals surface area contributed by atoms with Gasteiger partial charge in [-0.1, -0.05) is 396 Å². The highest BCUT2D eigenvalue weighted by Crippen LogP contribution is 2.54. The fourth-order valence-corrected chi connectivity index (χ4v) is 17.9. The molecule has 107 heavy (non-hydrogen) atoms. The summed E-state index contributed by atoms with van der Waals surface area (Å²) in [6.45, 7) is 4.75. The molecule has 0 amide bonds. The maximum Gasteiger partial charge on any atom is 0.0159 e. The SMILES string of the molecule is CC1(C)c2ccccc2-c2ccc(-c3cc(-c4ccccc4-c4ccccc4)c4ccc5ccc(-c6ccccc6-c6ccccc6)c6ccc3c4c56)cc21.c1ccc(-c2ccc(-c3cc(-c4ccccc4-c4ccccc4)c4ccc5ccc(-c6ccccc6-c6ccccc6)c6ccc3c4c56)cc2)cc1. The first-order chi connectivity index (χ1) is 52.9. The summed E-state index contributed by atoms with van der Waals surface area (Å²) >= 11 is 0. The second-order valence-electron chi connectivity index (χ2n) is 29.2. The van der Waals surface area contributed by atoms with Gasteiger partial charge in [0.2, 0.25) is 0 Å². The van der Waals surface area contributed by atoms with E-state index < -0.39 is 0 Å². The number of fused-ring (bicyclic) bond motifs is 3. The fourth-order valence-electron chi connectivity index (χ4n) is 17.9. The first-order valence-corrected chi connectivity index (χ1v) is 37.4. The zero-order chi connectivity index (χ0) is 71.1. The molecular weight excluding hydrogens is 1290 g/mol. The molecule has 0 unspecified atom stereocenters.